The van der Waals surface area contributed by atoms with E-state index in [4.69, 9.17) is 14.2 Å². The predicted molar refractivity (Wildman–Crippen MR) is 311 cm³/mol. The molecule has 0 bridgehead atoms. The number of esters is 3. The summed E-state index contributed by atoms with van der Waals surface area (Å²) in [5.41, 5.74) is 0. The number of carbonyl (C=O) groups excluding carboxylic acids is 3. The Morgan fingerprint density at radius 3 is 1.03 bits per heavy atom. The highest BCUT2D eigenvalue weighted by Crippen LogP contribution is 2.16. The van der Waals surface area contributed by atoms with E-state index in [2.05, 4.69) is 69.4 Å². The van der Waals surface area contributed by atoms with Crippen molar-refractivity contribution in [3.8, 4) is 0 Å². The minimum absolute atomic E-state index is 0.0958. The van der Waals surface area contributed by atoms with Gasteiger partial charge in [-0.1, -0.05) is 290 Å². The van der Waals surface area contributed by atoms with Gasteiger partial charge in [0.1, 0.15) is 13.2 Å². The average Bonchev–Trinajstić information content (AvgIpc) is 3.38. The number of ether oxygens (including phenoxy) is 3. The summed E-state index contributed by atoms with van der Waals surface area (Å²) in [7, 11) is 0. The van der Waals surface area contributed by atoms with E-state index in [1.54, 1.807) is 0 Å². The van der Waals surface area contributed by atoms with Crippen molar-refractivity contribution >= 4 is 17.9 Å². The molecule has 0 N–H and O–H groups in total. The zero-order chi connectivity index (χ0) is 52.2. The summed E-state index contributed by atoms with van der Waals surface area (Å²) in [5, 5.41) is 0. The Kier molecular flexibility index (Phi) is 55.9. The number of hydrogen-bond donors (Lipinski definition) is 0. The quantitative estimate of drug-likeness (QED) is 0.0199. The highest BCUT2D eigenvalue weighted by molar-refractivity contribution is 5.71. The second-order valence-corrected chi connectivity index (χ2v) is 19.3. The van der Waals surface area contributed by atoms with Gasteiger partial charge in [-0.2, -0.15) is 0 Å². The lowest BCUT2D eigenvalue weighted by molar-refractivity contribution is -0.167. The van der Waals surface area contributed by atoms with Crippen molar-refractivity contribution in [2.45, 2.75) is 264 Å². The number of allylic oxidation sites excluding steroid dienone is 20. The van der Waals surface area contributed by atoms with E-state index in [1.165, 1.54) is 122 Å². The van der Waals surface area contributed by atoms with Crippen molar-refractivity contribution in [2.75, 3.05) is 13.2 Å². The molecule has 0 spiro atoms. The molecule has 0 aromatic heterocycles. The first-order chi connectivity index (χ1) is 35.5. The summed E-state index contributed by atoms with van der Waals surface area (Å²) in [4.78, 5) is 38.2. The van der Waals surface area contributed by atoms with Crippen LogP contribution in [0.3, 0.4) is 0 Å². The molecule has 408 valence electrons. The van der Waals surface area contributed by atoms with Crippen molar-refractivity contribution in [2.24, 2.45) is 0 Å². The Bertz CT molecular complexity index is 1520. The monoisotopic (exact) mass is 997 g/mol. The first-order valence-electron chi connectivity index (χ1n) is 29.6. The van der Waals surface area contributed by atoms with Gasteiger partial charge in [-0.05, 0) is 70.6 Å². The Morgan fingerprint density at radius 2 is 0.611 bits per heavy atom. The fraction of sp³-hybridized carbons (Fsp3) is 0.652. The molecule has 6 heteroatoms. The third-order valence-electron chi connectivity index (χ3n) is 12.4. The largest absolute Gasteiger partial charge is 0.462 e. The lowest BCUT2D eigenvalue weighted by atomic mass is 10.0. The molecular formula is C66H108O6. The van der Waals surface area contributed by atoms with Gasteiger partial charge in [0.05, 0.1) is 0 Å². The van der Waals surface area contributed by atoms with Gasteiger partial charge in [0.15, 0.2) is 6.10 Å². The van der Waals surface area contributed by atoms with Crippen LogP contribution in [-0.4, -0.2) is 37.2 Å². The number of rotatable bonds is 52. The SMILES string of the molecule is CC\C=C/C=C\C=C/C=C\C=C\C=C/C=C\CCCCCC(=O)OCC(COC(=O)CCCCCCCCCCCCCCCCCC)OC(=O)CCCCCCCCCCC/C=C\C/C=C\C/C=C\CC. The molecule has 0 fully saturated rings. The Morgan fingerprint density at radius 1 is 0.306 bits per heavy atom. The third kappa shape index (κ3) is 56.7. The molecule has 0 aliphatic rings. The zero-order valence-corrected chi connectivity index (χ0v) is 46.7. The van der Waals surface area contributed by atoms with E-state index in [0.717, 1.165) is 96.3 Å². The van der Waals surface area contributed by atoms with Crippen LogP contribution in [0.1, 0.15) is 258 Å². The van der Waals surface area contributed by atoms with Gasteiger partial charge in [-0.25, -0.2) is 0 Å². The molecule has 6 nitrogen and oxygen atoms in total. The third-order valence-corrected chi connectivity index (χ3v) is 12.4. The van der Waals surface area contributed by atoms with Gasteiger partial charge in [0.25, 0.3) is 0 Å². The van der Waals surface area contributed by atoms with Gasteiger partial charge in [0, 0.05) is 19.3 Å². The van der Waals surface area contributed by atoms with Gasteiger partial charge in [-0.3, -0.25) is 14.4 Å². The van der Waals surface area contributed by atoms with Gasteiger partial charge < -0.3 is 14.2 Å². The molecule has 0 radical (unpaired) electrons. The van der Waals surface area contributed by atoms with E-state index in [9.17, 15) is 14.4 Å². The van der Waals surface area contributed by atoms with Crippen LogP contribution in [-0.2, 0) is 28.6 Å². The Labute approximate surface area is 443 Å². The highest BCUT2D eigenvalue weighted by atomic mass is 16.6. The van der Waals surface area contributed by atoms with Gasteiger partial charge in [-0.15, -0.1) is 0 Å². The van der Waals surface area contributed by atoms with Crippen molar-refractivity contribution in [1.82, 2.24) is 0 Å². The second-order valence-electron chi connectivity index (χ2n) is 19.3. The van der Waals surface area contributed by atoms with Crippen LogP contribution in [0, 0.1) is 0 Å². The smallest absolute Gasteiger partial charge is 0.306 e. The van der Waals surface area contributed by atoms with Crippen LogP contribution in [0.5, 0.6) is 0 Å². The Hall–Kier alpha value is -4.19. The van der Waals surface area contributed by atoms with Crippen LogP contribution < -0.4 is 0 Å². The van der Waals surface area contributed by atoms with Gasteiger partial charge in [0.2, 0.25) is 0 Å². The molecule has 0 amide bonds. The number of carbonyl (C=O) groups is 3. The van der Waals surface area contributed by atoms with Crippen LogP contribution in [0.2, 0.25) is 0 Å². The molecular weight excluding hydrogens is 889 g/mol. The van der Waals surface area contributed by atoms with Crippen molar-refractivity contribution in [3.63, 3.8) is 0 Å². The average molecular weight is 998 g/mol. The summed E-state index contributed by atoms with van der Waals surface area (Å²) in [6.45, 7) is 6.36. The molecule has 0 aromatic carbocycles. The number of hydrogen-bond acceptors (Lipinski definition) is 6. The second kappa shape index (κ2) is 59.4. The molecule has 1 unspecified atom stereocenters. The lowest BCUT2D eigenvalue weighted by Crippen LogP contribution is -2.30. The van der Waals surface area contributed by atoms with Gasteiger partial charge >= 0.3 is 17.9 Å². The summed E-state index contributed by atoms with van der Waals surface area (Å²) in [6, 6.07) is 0. The van der Waals surface area contributed by atoms with E-state index in [-0.39, 0.29) is 31.1 Å². The first kappa shape index (κ1) is 67.8. The zero-order valence-electron chi connectivity index (χ0n) is 46.7. The maximum atomic E-state index is 12.9. The van der Waals surface area contributed by atoms with Crippen LogP contribution >= 0.6 is 0 Å². The minimum atomic E-state index is -0.803. The topological polar surface area (TPSA) is 78.9 Å². The van der Waals surface area contributed by atoms with Crippen molar-refractivity contribution < 1.29 is 28.6 Å². The standard InChI is InChI=1S/C66H108O6/c1-4-7-10-13-16-19-22-25-28-31-33-35-38-41-44-47-50-53-56-59-65(68)71-62-63(61-70-64(67)58-55-52-49-46-43-40-37-30-27-24-21-18-15-12-9-6-3)72-66(69)60-57-54-51-48-45-42-39-36-34-32-29-26-23-20-17-14-11-8-5-2/h7-8,10-11,13,16-17,19-20,22,25-26,28-29,31,33,35,38,41,44,63H,4-6,9,12,14-15,18,21,23-24,27,30,32,34,36-37,39-40,42-43,45-62H2,1-3H3/b10-7-,11-8-,16-13-,20-17-,22-19-,28-25-,29-26-,33-31+,38-35-,44-41-. The van der Waals surface area contributed by atoms with E-state index >= 15 is 0 Å². The predicted octanol–water partition coefficient (Wildman–Crippen LogP) is 20.0. The van der Waals surface area contributed by atoms with Crippen molar-refractivity contribution in [1.29, 1.82) is 0 Å². The molecule has 0 saturated heterocycles. The lowest BCUT2D eigenvalue weighted by Gasteiger charge is -2.18. The number of unbranched alkanes of at least 4 members (excludes halogenated alkanes) is 27. The molecule has 72 heavy (non-hydrogen) atoms. The van der Waals surface area contributed by atoms with Crippen LogP contribution in [0.15, 0.2) is 122 Å². The molecule has 0 saturated carbocycles. The summed E-state index contributed by atoms with van der Waals surface area (Å²) < 4.78 is 16.9. The molecule has 0 aliphatic carbocycles. The highest BCUT2D eigenvalue weighted by Gasteiger charge is 2.19. The van der Waals surface area contributed by atoms with Crippen LogP contribution in [0.25, 0.3) is 0 Å². The maximum Gasteiger partial charge on any atom is 0.306 e. The maximum absolute atomic E-state index is 12.9. The first-order valence-corrected chi connectivity index (χ1v) is 29.6. The van der Waals surface area contributed by atoms with Crippen molar-refractivity contribution in [3.05, 3.63) is 122 Å². The summed E-state index contributed by atoms with van der Waals surface area (Å²) in [5.74, 6) is -0.944. The molecule has 1 atom stereocenters. The van der Waals surface area contributed by atoms with E-state index < -0.39 is 6.10 Å². The Balaban J connectivity index is 4.50. The minimum Gasteiger partial charge on any atom is -0.462 e. The van der Waals surface area contributed by atoms with E-state index in [0.29, 0.717) is 19.3 Å². The fourth-order valence-electron chi connectivity index (χ4n) is 8.03. The summed E-state index contributed by atoms with van der Waals surface area (Å²) >= 11 is 0. The summed E-state index contributed by atoms with van der Waals surface area (Å²) in [6.07, 6.45) is 81.8. The molecule has 0 aliphatic heterocycles. The molecule has 0 aromatic rings. The molecule has 0 rings (SSSR count). The molecule has 0 heterocycles. The fourth-order valence-corrected chi connectivity index (χ4v) is 8.03. The normalized spacial score (nSPS) is 13.0. The van der Waals surface area contributed by atoms with E-state index in [1.807, 2.05) is 72.9 Å². The van der Waals surface area contributed by atoms with Crippen LogP contribution in [0.4, 0.5) is 0 Å².